The third-order valence-corrected chi connectivity index (χ3v) is 5.76. The van der Waals surface area contributed by atoms with Gasteiger partial charge in [0.1, 0.15) is 12.4 Å². The molecule has 3 aromatic rings. The maximum absolute atomic E-state index is 12.1. The number of anilines is 1. The predicted octanol–water partition coefficient (Wildman–Crippen LogP) is 6.51. The number of hydrogen-bond donors (Lipinski definition) is 2. The van der Waals surface area contributed by atoms with Crippen molar-refractivity contribution in [2.24, 2.45) is 5.10 Å². The van der Waals surface area contributed by atoms with Gasteiger partial charge in [-0.2, -0.15) is 5.10 Å². The van der Waals surface area contributed by atoms with Crippen LogP contribution in [0.5, 0.6) is 5.75 Å². The Kier molecular flexibility index (Phi) is 9.51. The summed E-state index contributed by atoms with van der Waals surface area (Å²) in [4.78, 5) is 24.1. The molecule has 9 heteroatoms. The van der Waals surface area contributed by atoms with E-state index in [1.165, 1.54) is 6.21 Å². The minimum Gasteiger partial charge on any atom is -0.488 e. The van der Waals surface area contributed by atoms with Crippen LogP contribution in [-0.4, -0.2) is 18.0 Å². The van der Waals surface area contributed by atoms with E-state index < -0.39 is 0 Å². The average Bonchev–Trinajstić information content (AvgIpc) is 2.80. The SMILES string of the molecule is Cc1ccc(NC(=O)CCC(=O)NN=Cc2cc(Br)ccc2OCc2ccc(Cl)cc2Cl)cc1. The van der Waals surface area contributed by atoms with Crippen molar-refractivity contribution >= 4 is 62.8 Å². The maximum Gasteiger partial charge on any atom is 0.240 e. The van der Waals surface area contributed by atoms with Gasteiger partial charge in [0.15, 0.2) is 0 Å². The van der Waals surface area contributed by atoms with Gasteiger partial charge in [0.2, 0.25) is 11.8 Å². The number of ether oxygens (including phenoxy) is 1. The maximum atomic E-state index is 12.1. The molecule has 0 fully saturated rings. The second kappa shape index (κ2) is 12.6. The van der Waals surface area contributed by atoms with Gasteiger partial charge in [-0.1, -0.05) is 62.9 Å². The van der Waals surface area contributed by atoms with E-state index in [-0.39, 0.29) is 31.3 Å². The van der Waals surface area contributed by atoms with Gasteiger partial charge in [-0.15, -0.1) is 0 Å². The first-order valence-corrected chi connectivity index (χ1v) is 11.9. The lowest BCUT2D eigenvalue weighted by atomic mass is 10.2. The minimum absolute atomic E-state index is 0.00589. The molecule has 2 N–H and O–H groups in total. The predicted molar refractivity (Wildman–Crippen MR) is 140 cm³/mol. The molecule has 0 saturated carbocycles. The molecule has 0 atom stereocenters. The van der Waals surface area contributed by atoms with E-state index in [4.69, 9.17) is 27.9 Å². The number of halogens is 3. The van der Waals surface area contributed by atoms with Gasteiger partial charge in [0, 0.05) is 44.2 Å². The van der Waals surface area contributed by atoms with Crippen LogP contribution in [0.4, 0.5) is 5.69 Å². The Morgan fingerprint density at radius 1 is 1.00 bits per heavy atom. The normalized spacial score (nSPS) is 10.8. The van der Waals surface area contributed by atoms with Gasteiger partial charge in [0.25, 0.3) is 0 Å². The Balaban J connectivity index is 1.52. The van der Waals surface area contributed by atoms with Crippen molar-refractivity contribution in [2.45, 2.75) is 26.4 Å². The van der Waals surface area contributed by atoms with Crippen molar-refractivity contribution in [3.8, 4) is 5.75 Å². The first-order chi connectivity index (χ1) is 16.3. The summed E-state index contributed by atoms with van der Waals surface area (Å²) in [6, 6.07) is 18.1. The molecule has 0 heterocycles. The number of benzene rings is 3. The number of carbonyl (C=O) groups is 2. The summed E-state index contributed by atoms with van der Waals surface area (Å²) in [5.41, 5.74) is 5.66. The first-order valence-electron chi connectivity index (χ1n) is 10.3. The van der Waals surface area contributed by atoms with E-state index in [0.29, 0.717) is 27.0 Å². The van der Waals surface area contributed by atoms with Crippen LogP contribution in [0.1, 0.15) is 29.5 Å². The molecule has 6 nitrogen and oxygen atoms in total. The van der Waals surface area contributed by atoms with Crippen LogP contribution < -0.4 is 15.5 Å². The van der Waals surface area contributed by atoms with Crippen molar-refractivity contribution in [3.05, 3.63) is 91.9 Å². The standard InChI is InChI=1S/C25H22BrCl2N3O3/c1-16-2-7-21(8-3-16)30-24(32)10-11-25(33)31-29-14-18-12-19(26)5-9-23(18)34-15-17-4-6-20(27)13-22(17)28/h2-9,12-14H,10-11,15H2,1H3,(H,30,32)(H,31,33). The topological polar surface area (TPSA) is 79.8 Å². The average molecular weight is 563 g/mol. The largest absolute Gasteiger partial charge is 0.488 e. The summed E-state index contributed by atoms with van der Waals surface area (Å²) < 4.78 is 6.72. The molecular weight excluding hydrogens is 541 g/mol. The number of hydrogen-bond acceptors (Lipinski definition) is 4. The van der Waals surface area contributed by atoms with Crippen LogP contribution in [0, 0.1) is 6.92 Å². The van der Waals surface area contributed by atoms with Gasteiger partial charge in [-0.3, -0.25) is 9.59 Å². The molecule has 3 rings (SSSR count). The second-order valence-electron chi connectivity index (χ2n) is 7.41. The highest BCUT2D eigenvalue weighted by Gasteiger charge is 2.09. The van der Waals surface area contributed by atoms with Crippen LogP contribution >= 0.6 is 39.1 Å². The highest BCUT2D eigenvalue weighted by Crippen LogP contribution is 2.26. The molecule has 0 aliphatic rings. The van der Waals surface area contributed by atoms with Crippen LogP contribution in [0.15, 0.2) is 70.2 Å². The van der Waals surface area contributed by atoms with Crippen molar-refractivity contribution < 1.29 is 14.3 Å². The third-order valence-electron chi connectivity index (χ3n) is 4.68. The highest BCUT2D eigenvalue weighted by molar-refractivity contribution is 9.10. The van der Waals surface area contributed by atoms with Gasteiger partial charge < -0.3 is 10.1 Å². The number of hydrazone groups is 1. The number of nitrogens with one attached hydrogen (secondary N) is 2. The molecule has 0 spiro atoms. The lowest BCUT2D eigenvalue weighted by molar-refractivity contribution is -0.124. The van der Waals surface area contributed by atoms with Gasteiger partial charge in [-0.25, -0.2) is 5.43 Å². The van der Waals surface area contributed by atoms with Crippen molar-refractivity contribution in [2.75, 3.05) is 5.32 Å². The molecule has 2 amide bonds. The van der Waals surface area contributed by atoms with E-state index in [2.05, 4.69) is 31.8 Å². The molecule has 0 unspecified atom stereocenters. The van der Waals surface area contributed by atoms with Crippen LogP contribution in [0.25, 0.3) is 0 Å². The Morgan fingerprint density at radius 3 is 2.47 bits per heavy atom. The Hall–Kier alpha value is -2.87. The molecule has 0 aliphatic carbocycles. The van der Waals surface area contributed by atoms with Crippen LogP contribution in [-0.2, 0) is 16.2 Å². The molecule has 0 radical (unpaired) electrons. The highest BCUT2D eigenvalue weighted by atomic mass is 79.9. The minimum atomic E-state index is -0.374. The fourth-order valence-electron chi connectivity index (χ4n) is 2.86. The summed E-state index contributed by atoms with van der Waals surface area (Å²) >= 11 is 15.6. The smallest absolute Gasteiger partial charge is 0.240 e. The van der Waals surface area contributed by atoms with E-state index in [0.717, 1.165) is 15.6 Å². The molecule has 0 saturated heterocycles. The summed E-state index contributed by atoms with van der Waals surface area (Å²) in [5, 5.41) is 7.82. The molecule has 0 bridgehead atoms. The van der Waals surface area contributed by atoms with Crippen molar-refractivity contribution in [3.63, 3.8) is 0 Å². The zero-order valence-corrected chi connectivity index (χ0v) is 21.4. The first kappa shape index (κ1) is 25.7. The van der Waals surface area contributed by atoms with Crippen LogP contribution in [0.2, 0.25) is 10.0 Å². The second-order valence-corrected chi connectivity index (χ2v) is 9.17. The van der Waals surface area contributed by atoms with Gasteiger partial charge >= 0.3 is 0 Å². The Labute approximate surface area is 216 Å². The molecule has 3 aromatic carbocycles. The number of amides is 2. The fraction of sp³-hybridized carbons (Fsp3) is 0.160. The van der Waals surface area contributed by atoms with Crippen LogP contribution in [0.3, 0.4) is 0 Å². The molecule has 0 aromatic heterocycles. The van der Waals surface area contributed by atoms with Crippen molar-refractivity contribution in [1.29, 1.82) is 0 Å². The fourth-order valence-corrected chi connectivity index (χ4v) is 3.70. The molecular formula is C25H22BrCl2N3O3. The zero-order valence-electron chi connectivity index (χ0n) is 18.3. The summed E-state index contributed by atoms with van der Waals surface area (Å²) in [6.45, 7) is 2.20. The lowest BCUT2D eigenvalue weighted by Crippen LogP contribution is -2.20. The summed E-state index contributed by atoms with van der Waals surface area (Å²) in [6.07, 6.45) is 1.53. The Bertz CT molecular complexity index is 1200. The lowest BCUT2D eigenvalue weighted by Gasteiger charge is -2.11. The number of carbonyl (C=O) groups excluding carboxylic acids is 2. The summed E-state index contributed by atoms with van der Waals surface area (Å²) in [7, 11) is 0. The molecule has 0 aliphatic heterocycles. The third kappa shape index (κ3) is 8.17. The Morgan fingerprint density at radius 2 is 1.74 bits per heavy atom. The molecule has 176 valence electrons. The number of aryl methyl sites for hydroxylation is 1. The number of nitrogens with zero attached hydrogens (tertiary/aromatic N) is 1. The van der Waals surface area contributed by atoms with E-state index in [1.807, 2.05) is 43.3 Å². The summed E-state index contributed by atoms with van der Waals surface area (Å²) in [5.74, 6) is -0.0584. The zero-order chi connectivity index (χ0) is 24.5. The van der Waals surface area contributed by atoms with Gasteiger partial charge in [0.05, 0.1) is 6.21 Å². The van der Waals surface area contributed by atoms with E-state index in [1.54, 1.807) is 24.3 Å². The number of rotatable bonds is 9. The molecule has 34 heavy (non-hydrogen) atoms. The van der Waals surface area contributed by atoms with Crippen molar-refractivity contribution in [1.82, 2.24) is 5.43 Å². The van der Waals surface area contributed by atoms with E-state index in [9.17, 15) is 9.59 Å². The van der Waals surface area contributed by atoms with E-state index >= 15 is 0 Å². The monoisotopic (exact) mass is 561 g/mol. The van der Waals surface area contributed by atoms with Gasteiger partial charge in [-0.05, 0) is 49.4 Å². The quantitative estimate of drug-likeness (QED) is 0.230.